The van der Waals surface area contributed by atoms with E-state index in [4.69, 9.17) is 4.84 Å². The van der Waals surface area contributed by atoms with Gasteiger partial charge in [0.05, 0.1) is 6.04 Å². The number of hydroxylamine groups is 2. The molecule has 0 saturated carbocycles. The van der Waals surface area contributed by atoms with Crippen LogP contribution in [0.3, 0.4) is 0 Å². The summed E-state index contributed by atoms with van der Waals surface area (Å²) in [5.74, 6) is 0. The Labute approximate surface area is 141 Å². The average molecular weight is 360 g/mol. The van der Waals surface area contributed by atoms with Crippen LogP contribution in [0.2, 0.25) is 0 Å². The predicted molar refractivity (Wildman–Crippen MR) is 93.4 cm³/mol. The molecule has 1 saturated heterocycles. The zero-order chi connectivity index (χ0) is 15.4. The average Bonchev–Trinajstić information content (AvgIpc) is 2.56. The second-order valence-electron chi connectivity index (χ2n) is 5.87. The number of halogens is 1. The van der Waals surface area contributed by atoms with Crippen LogP contribution in [0.15, 0.2) is 59.1 Å². The summed E-state index contributed by atoms with van der Waals surface area (Å²) in [6.45, 7) is 3.12. The molecule has 0 spiro atoms. The standard InChI is InChI=1S/C19H22BrNO/c1-15(17-10-7-11-18(20)14-17)22-21-13-6-5-12-19(21)16-8-3-2-4-9-16/h2-4,7-11,14-15,19H,5-6,12-13H2,1H3. The van der Waals surface area contributed by atoms with E-state index < -0.39 is 0 Å². The first-order valence-electron chi connectivity index (χ1n) is 7.98. The number of hydrogen-bond donors (Lipinski definition) is 0. The molecule has 2 aromatic rings. The van der Waals surface area contributed by atoms with Crippen LogP contribution in [0.5, 0.6) is 0 Å². The molecule has 0 amide bonds. The maximum absolute atomic E-state index is 6.31. The first-order valence-corrected chi connectivity index (χ1v) is 8.77. The third kappa shape index (κ3) is 3.78. The first kappa shape index (κ1) is 15.7. The van der Waals surface area contributed by atoms with E-state index in [0.29, 0.717) is 6.04 Å². The SMILES string of the molecule is CC(ON1CCCCC1c1ccccc1)c1cccc(Br)c1. The minimum atomic E-state index is 0.0572. The van der Waals surface area contributed by atoms with E-state index in [0.717, 1.165) is 17.4 Å². The van der Waals surface area contributed by atoms with Gasteiger partial charge >= 0.3 is 0 Å². The quantitative estimate of drug-likeness (QED) is 0.697. The Bertz CT molecular complexity index is 601. The molecule has 22 heavy (non-hydrogen) atoms. The Balaban J connectivity index is 1.74. The van der Waals surface area contributed by atoms with Gasteiger partial charge in [0.1, 0.15) is 6.10 Å². The number of piperidine rings is 1. The van der Waals surface area contributed by atoms with E-state index >= 15 is 0 Å². The van der Waals surface area contributed by atoms with Gasteiger partial charge in [0.25, 0.3) is 0 Å². The summed E-state index contributed by atoms with van der Waals surface area (Å²) in [5.41, 5.74) is 2.55. The highest BCUT2D eigenvalue weighted by Gasteiger charge is 2.26. The molecule has 0 N–H and O–H groups in total. The van der Waals surface area contributed by atoms with Crippen molar-refractivity contribution in [2.24, 2.45) is 0 Å². The smallest absolute Gasteiger partial charge is 0.102 e. The van der Waals surface area contributed by atoms with Crippen LogP contribution in [-0.2, 0) is 4.84 Å². The topological polar surface area (TPSA) is 12.5 Å². The van der Waals surface area contributed by atoms with Crippen LogP contribution in [0, 0.1) is 0 Å². The lowest BCUT2D eigenvalue weighted by Gasteiger charge is -2.36. The minimum absolute atomic E-state index is 0.0572. The molecule has 2 unspecified atom stereocenters. The van der Waals surface area contributed by atoms with E-state index in [-0.39, 0.29) is 6.10 Å². The fourth-order valence-electron chi connectivity index (χ4n) is 3.06. The molecule has 2 atom stereocenters. The predicted octanol–water partition coefficient (Wildman–Crippen LogP) is 5.67. The minimum Gasteiger partial charge on any atom is -0.291 e. The Morgan fingerprint density at radius 2 is 1.91 bits per heavy atom. The summed E-state index contributed by atoms with van der Waals surface area (Å²) < 4.78 is 1.10. The van der Waals surface area contributed by atoms with Crippen molar-refractivity contribution in [1.82, 2.24) is 5.06 Å². The third-order valence-corrected chi connectivity index (χ3v) is 4.74. The van der Waals surface area contributed by atoms with Gasteiger partial charge in [-0.05, 0) is 43.0 Å². The summed E-state index contributed by atoms with van der Waals surface area (Å²) in [6.07, 6.45) is 3.69. The van der Waals surface area contributed by atoms with Gasteiger partial charge in [0, 0.05) is 11.0 Å². The summed E-state index contributed by atoms with van der Waals surface area (Å²) in [4.78, 5) is 6.31. The van der Waals surface area contributed by atoms with Gasteiger partial charge in [-0.3, -0.25) is 4.84 Å². The molecular formula is C19H22BrNO. The summed E-state index contributed by atoms with van der Waals surface area (Å²) in [6, 6.07) is 19.4. The van der Waals surface area contributed by atoms with Crippen molar-refractivity contribution in [1.29, 1.82) is 0 Å². The fraction of sp³-hybridized carbons (Fsp3) is 0.368. The van der Waals surface area contributed by atoms with Crippen molar-refractivity contribution in [2.75, 3.05) is 6.54 Å². The molecule has 0 aromatic heterocycles. The van der Waals surface area contributed by atoms with Gasteiger partial charge < -0.3 is 0 Å². The Kier molecular flexibility index (Phi) is 5.29. The molecular weight excluding hydrogens is 338 g/mol. The summed E-state index contributed by atoms with van der Waals surface area (Å²) >= 11 is 3.54. The van der Waals surface area contributed by atoms with Crippen LogP contribution >= 0.6 is 15.9 Å². The van der Waals surface area contributed by atoms with E-state index in [1.54, 1.807) is 0 Å². The highest BCUT2D eigenvalue weighted by Crippen LogP contribution is 2.33. The van der Waals surface area contributed by atoms with Gasteiger partial charge in [-0.1, -0.05) is 64.8 Å². The van der Waals surface area contributed by atoms with Gasteiger partial charge in [-0.25, -0.2) is 0 Å². The number of nitrogens with zero attached hydrogens (tertiary/aromatic N) is 1. The van der Waals surface area contributed by atoms with E-state index in [9.17, 15) is 0 Å². The molecule has 0 aliphatic carbocycles. The van der Waals surface area contributed by atoms with Crippen molar-refractivity contribution in [3.8, 4) is 0 Å². The van der Waals surface area contributed by atoms with Crippen LogP contribution in [0.4, 0.5) is 0 Å². The number of benzene rings is 2. The molecule has 3 rings (SSSR count). The highest BCUT2D eigenvalue weighted by atomic mass is 79.9. The lowest BCUT2D eigenvalue weighted by molar-refractivity contribution is -0.231. The maximum atomic E-state index is 6.31. The normalized spacial score (nSPS) is 20.7. The molecule has 2 aromatic carbocycles. The number of hydrogen-bond acceptors (Lipinski definition) is 2. The van der Waals surface area contributed by atoms with Crippen molar-refractivity contribution in [2.45, 2.75) is 38.3 Å². The molecule has 3 heteroatoms. The van der Waals surface area contributed by atoms with E-state index in [1.807, 2.05) is 6.07 Å². The summed E-state index contributed by atoms with van der Waals surface area (Å²) in [5, 5.41) is 2.18. The Morgan fingerprint density at radius 3 is 2.68 bits per heavy atom. The molecule has 1 fully saturated rings. The largest absolute Gasteiger partial charge is 0.291 e. The van der Waals surface area contributed by atoms with Gasteiger partial charge in [-0.15, -0.1) is 0 Å². The molecule has 1 heterocycles. The van der Waals surface area contributed by atoms with Crippen LogP contribution in [0.1, 0.15) is 49.5 Å². The van der Waals surface area contributed by atoms with Crippen molar-refractivity contribution in [3.05, 3.63) is 70.2 Å². The van der Waals surface area contributed by atoms with Crippen LogP contribution in [0.25, 0.3) is 0 Å². The molecule has 0 radical (unpaired) electrons. The van der Waals surface area contributed by atoms with E-state index in [2.05, 4.69) is 76.4 Å². The first-order chi connectivity index (χ1) is 10.7. The second kappa shape index (κ2) is 7.40. The van der Waals surface area contributed by atoms with Crippen molar-refractivity contribution in [3.63, 3.8) is 0 Å². The fourth-order valence-corrected chi connectivity index (χ4v) is 3.48. The third-order valence-electron chi connectivity index (χ3n) is 4.25. The van der Waals surface area contributed by atoms with Gasteiger partial charge in [0.2, 0.25) is 0 Å². The van der Waals surface area contributed by atoms with Crippen molar-refractivity contribution < 1.29 is 4.84 Å². The lowest BCUT2D eigenvalue weighted by Crippen LogP contribution is -2.34. The second-order valence-corrected chi connectivity index (χ2v) is 6.78. The Hall–Kier alpha value is -1.16. The zero-order valence-electron chi connectivity index (χ0n) is 12.9. The Morgan fingerprint density at radius 1 is 1.09 bits per heavy atom. The molecule has 0 bridgehead atoms. The van der Waals surface area contributed by atoms with Crippen LogP contribution < -0.4 is 0 Å². The molecule has 1 aliphatic heterocycles. The zero-order valence-corrected chi connectivity index (χ0v) is 14.5. The van der Waals surface area contributed by atoms with E-state index in [1.165, 1.54) is 24.0 Å². The van der Waals surface area contributed by atoms with Gasteiger partial charge in [-0.2, -0.15) is 5.06 Å². The maximum Gasteiger partial charge on any atom is 0.102 e. The summed E-state index contributed by atoms with van der Waals surface area (Å²) in [7, 11) is 0. The molecule has 116 valence electrons. The highest BCUT2D eigenvalue weighted by molar-refractivity contribution is 9.10. The van der Waals surface area contributed by atoms with Gasteiger partial charge in [0.15, 0.2) is 0 Å². The van der Waals surface area contributed by atoms with Crippen LogP contribution in [-0.4, -0.2) is 11.6 Å². The monoisotopic (exact) mass is 359 g/mol. The lowest BCUT2D eigenvalue weighted by atomic mass is 9.97. The molecule has 2 nitrogen and oxygen atoms in total. The number of rotatable bonds is 4. The van der Waals surface area contributed by atoms with Crippen molar-refractivity contribution >= 4 is 15.9 Å². The molecule has 1 aliphatic rings.